The monoisotopic (exact) mass is 324 g/mol. The highest BCUT2D eigenvalue weighted by atomic mass is 16.6. The normalized spacial score (nSPS) is 8.45. The van der Waals surface area contributed by atoms with E-state index in [1.807, 2.05) is 0 Å². The molecule has 0 unspecified atom stereocenters. The lowest BCUT2D eigenvalue weighted by Gasteiger charge is -2.06. The Labute approximate surface area is 126 Å². The van der Waals surface area contributed by atoms with Crippen LogP contribution in [0.15, 0.2) is 0 Å². The highest BCUT2D eigenvalue weighted by molar-refractivity contribution is 5.70. The lowest BCUT2D eigenvalue weighted by atomic mass is 10.8. The highest BCUT2D eigenvalue weighted by Crippen LogP contribution is 1.76. The number of amides is 4. The lowest BCUT2D eigenvalue weighted by Crippen LogP contribution is -2.37. The molecule has 0 spiro atoms. The van der Waals surface area contributed by atoms with Crippen molar-refractivity contribution in [3.63, 3.8) is 0 Å². The number of carbonyl (C=O) groups excluding carboxylic acids is 2. The van der Waals surface area contributed by atoms with E-state index in [9.17, 15) is 19.2 Å². The fourth-order valence-corrected chi connectivity index (χ4v) is 0.748. The maximum absolute atomic E-state index is 10.7. The molecule has 0 rings (SSSR count). The SMILES string of the molecule is CCOC(=O)NCNC(=O)OCC.O=C(O)NCNC(=O)O. The van der Waals surface area contributed by atoms with Crippen LogP contribution in [0.4, 0.5) is 19.2 Å². The van der Waals surface area contributed by atoms with Crippen LogP contribution in [0, 0.1) is 0 Å². The van der Waals surface area contributed by atoms with E-state index >= 15 is 0 Å². The number of rotatable bonds is 6. The van der Waals surface area contributed by atoms with Gasteiger partial charge in [-0.1, -0.05) is 0 Å². The Bertz CT molecular complexity index is 331. The molecule has 0 radical (unpaired) electrons. The molecule has 4 amide bonds. The standard InChI is InChI=1S/C7H14N2O4.C3H6N2O4/c1-3-12-6(10)8-5-9-7(11)13-4-2;6-2(7)4-1-5-3(8)9/h3-5H2,1-2H3,(H,8,10)(H,9,11);4-5H,1H2,(H,6,7)(H,8,9). The Kier molecular flexibility index (Phi) is 14.1. The summed E-state index contributed by atoms with van der Waals surface area (Å²) in [6, 6.07) is 0. The second-order valence-corrected chi connectivity index (χ2v) is 3.11. The van der Waals surface area contributed by atoms with Gasteiger partial charge in [-0.05, 0) is 13.8 Å². The zero-order valence-electron chi connectivity index (χ0n) is 12.2. The average Bonchev–Trinajstić information content (AvgIpc) is 2.39. The van der Waals surface area contributed by atoms with Crippen molar-refractivity contribution in [1.82, 2.24) is 21.3 Å². The molecular weight excluding hydrogens is 304 g/mol. The number of carbonyl (C=O) groups is 4. The minimum atomic E-state index is -1.26. The van der Waals surface area contributed by atoms with Gasteiger partial charge in [0.05, 0.1) is 26.6 Å². The van der Waals surface area contributed by atoms with Crippen molar-refractivity contribution >= 4 is 24.4 Å². The van der Waals surface area contributed by atoms with Gasteiger partial charge in [0.25, 0.3) is 0 Å². The van der Waals surface area contributed by atoms with Gasteiger partial charge in [-0.25, -0.2) is 19.2 Å². The number of alkyl carbamates (subject to hydrolysis) is 2. The summed E-state index contributed by atoms with van der Waals surface area (Å²) < 4.78 is 9.08. The summed E-state index contributed by atoms with van der Waals surface area (Å²) in [5, 5.41) is 24.0. The number of ether oxygens (including phenoxy) is 2. The Morgan fingerprint density at radius 2 is 1.05 bits per heavy atom. The summed E-state index contributed by atoms with van der Waals surface area (Å²) in [4.78, 5) is 40.6. The molecule has 0 fully saturated rings. The second kappa shape index (κ2) is 14.5. The molecule has 0 saturated carbocycles. The molecule has 0 heterocycles. The fraction of sp³-hybridized carbons (Fsp3) is 0.600. The molecule has 0 atom stereocenters. The number of carboxylic acid groups (broad SMARTS) is 2. The van der Waals surface area contributed by atoms with Crippen molar-refractivity contribution in [2.75, 3.05) is 26.6 Å². The fourth-order valence-electron chi connectivity index (χ4n) is 0.748. The van der Waals surface area contributed by atoms with Gasteiger partial charge in [0.2, 0.25) is 0 Å². The quantitative estimate of drug-likeness (QED) is 0.367. The maximum Gasteiger partial charge on any atom is 0.408 e. The van der Waals surface area contributed by atoms with Gasteiger partial charge in [-0.2, -0.15) is 0 Å². The Hall–Kier alpha value is -2.92. The van der Waals surface area contributed by atoms with E-state index in [1.54, 1.807) is 24.5 Å². The second-order valence-electron chi connectivity index (χ2n) is 3.11. The van der Waals surface area contributed by atoms with E-state index in [4.69, 9.17) is 10.2 Å². The number of hydrogen-bond donors (Lipinski definition) is 6. The molecule has 0 aliphatic heterocycles. The molecule has 0 aromatic heterocycles. The molecular formula is C10H20N4O8. The molecule has 0 bridgehead atoms. The molecule has 12 nitrogen and oxygen atoms in total. The van der Waals surface area contributed by atoms with Gasteiger partial charge in [0.1, 0.15) is 0 Å². The van der Waals surface area contributed by atoms with Crippen LogP contribution in [-0.2, 0) is 9.47 Å². The number of nitrogens with one attached hydrogen (secondary N) is 4. The molecule has 12 heteroatoms. The van der Waals surface area contributed by atoms with Crippen LogP contribution >= 0.6 is 0 Å². The predicted molar refractivity (Wildman–Crippen MR) is 72.4 cm³/mol. The summed E-state index contributed by atoms with van der Waals surface area (Å²) in [5.41, 5.74) is 0. The van der Waals surface area contributed by atoms with E-state index in [1.165, 1.54) is 0 Å². The molecule has 22 heavy (non-hydrogen) atoms. The van der Waals surface area contributed by atoms with Crippen LogP contribution in [-0.4, -0.2) is 61.1 Å². The van der Waals surface area contributed by atoms with Gasteiger partial charge < -0.3 is 41.0 Å². The van der Waals surface area contributed by atoms with Crippen LogP contribution in [0.3, 0.4) is 0 Å². The van der Waals surface area contributed by atoms with Crippen LogP contribution in [0.1, 0.15) is 13.8 Å². The third kappa shape index (κ3) is 19.4. The van der Waals surface area contributed by atoms with E-state index in [2.05, 4.69) is 20.1 Å². The van der Waals surface area contributed by atoms with Gasteiger partial charge in [-0.3, -0.25) is 0 Å². The molecule has 0 aromatic rings. The third-order valence-electron chi connectivity index (χ3n) is 1.50. The van der Waals surface area contributed by atoms with E-state index in [0.717, 1.165) is 0 Å². The smallest absolute Gasteiger partial charge is 0.408 e. The minimum Gasteiger partial charge on any atom is -0.465 e. The first-order valence-corrected chi connectivity index (χ1v) is 6.08. The first-order chi connectivity index (χ1) is 10.3. The van der Waals surface area contributed by atoms with Gasteiger partial charge in [0, 0.05) is 0 Å². The summed E-state index contributed by atoms with van der Waals surface area (Å²) in [5.74, 6) is 0. The topological polar surface area (TPSA) is 175 Å². The molecule has 6 N–H and O–H groups in total. The molecule has 0 aliphatic carbocycles. The van der Waals surface area contributed by atoms with Crippen LogP contribution in [0.2, 0.25) is 0 Å². The summed E-state index contributed by atoms with van der Waals surface area (Å²) in [6.07, 6.45) is -3.66. The van der Waals surface area contributed by atoms with Crippen molar-refractivity contribution in [2.45, 2.75) is 13.8 Å². The summed E-state index contributed by atoms with van der Waals surface area (Å²) in [6.45, 7) is 3.69. The molecule has 128 valence electrons. The van der Waals surface area contributed by atoms with Crippen LogP contribution in [0.5, 0.6) is 0 Å². The van der Waals surface area contributed by atoms with Crippen molar-refractivity contribution in [2.24, 2.45) is 0 Å². The largest absolute Gasteiger partial charge is 0.465 e. The Morgan fingerprint density at radius 3 is 1.32 bits per heavy atom. The summed E-state index contributed by atoms with van der Waals surface area (Å²) >= 11 is 0. The molecule has 0 aromatic carbocycles. The average molecular weight is 324 g/mol. The predicted octanol–water partition coefficient (Wildman–Crippen LogP) is -0.0848. The van der Waals surface area contributed by atoms with E-state index in [0.29, 0.717) is 13.2 Å². The third-order valence-corrected chi connectivity index (χ3v) is 1.50. The zero-order chi connectivity index (χ0) is 17.4. The molecule has 0 aliphatic rings. The van der Waals surface area contributed by atoms with E-state index < -0.39 is 24.4 Å². The van der Waals surface area contributed by atoms with Gasteiger partial charge >= 0.3 is 24.4 Å². The zero-order valence-corrected chi connectivity index (χ0v) is 12.2. The minimum absolute atomic E-state index is 0.00231. The lowest BCUT2D eigenvalue weighted by molar-refractivity contribution is 0.143. The first-order valence-electron chi connectivity index (χ1n) is 6.08. The van der Waals surface area contributed by atoms with Gasteiger partial charge in [0.15, 0.2) is 0 Å². The van der Waals surface area contributed by atoms with Crippen molar-refractivity contribution in [1.29, 1.82) is 0 Å². The highest BCUT2D eigenvalue weighted by Gasteiger charge is 2.01. The van der Waals surface area contributed by atoms with Crippen LogP contribution < -0.4 is 21.3 Å². The van der Waals surface area contributed by atoms with E-state index in [-0.39, 0.29) is 13.3 Å². The Balaban J connectivity index is 0. The Morgan fingerprint density at radius 1 is 0.727 bits per heavy atom. The van der Waals surface area contributed by atoms with Crippen molar-refractivity contribution in [3.05, 3.63) is 0 Å². The maximum atomic E-state index is 10.7. The summed E-state index contributed by atoms with van der Waals surface area (Å²) in [7, 11) is 0. The van der Waals surface area contributed by atoms with Crippen molar-refractivity contribution < 1.29 is 38.9 Å². The molecule has 0 saturated heterocycles. The first kappa shape index (κ1) is 21.4. The number of hydrogen-bond acceptors (Lipinski definition) is 6. The van der Waals surface area contributed by atoms with Gasteiger partial charge in [-0.15, -0.1) is 0 Å². The van der Waals surface area contributed by atoms with Crippen LogP contribution in [0.25, 0.3) is 0 Å². The van der Waals surface area contributed by atoms with Crippen molar-refractivity contribution in [3.8, 4) is 0 Å².